The van der Waals surface area contributed by atoms with Crippen LogP contribution in [0.15, 0.2) is 52.9 Å². The fourth-order valence-corrected chi connectivity index (χ4v) is 2.55. The van der Waals surface area contributed by atoms with Gasteiger partial charge in [-0.2, -0.15) is 0 Å². The lowest BCUT2D eigenvalue weighted by Gasteiger charge is -2.08. The Morgan fingerprint density at radius 2 is 1.96 bits per heavy atom. The molecule has 2 aromatic carbocycles. The van der Waals surface area contributed by atoms with Crippen LogP contribution in [0.4, 0.5) is 11.4 Å². The van der Waals surface area contributed by atoms with Crippen molar-refractivity contribution in [3.05, 3.63) is 69.4 Å². The van der Waals surface area contributed by atoms with E-state index in [2.05, 4.69) is 10.6 Å². The molecule has 0 saturated heterocycles. The summed E-state index contributed by atoms with van der Waals surface area (Å²) in [6, 6.07) is 12.9. The van der Waals surface area contributed by atoms with Gasteiger partial charge in [0.25, 0.3) is 11.6 Å². The summed E-state index contributed by atoms with van der Waals surface area (Å²) in [4.78, 5) is 22.5. The summed E-state index contributed by atoms with van der Waals surface area (Å²) >= 11 is 10.8. The molecule has 0 atom stereocenters. The number of hydrogen-bond donors (Lipinski definition) is 2. The summed E-state index contributed by atoms with van der Waals surface area (Å²) in [6.07, 6.45) is 0. The van der Waals surface area contributed by atoms with E-state index >= 15 is 0 Å². The highest BCUT2D eigenvalue weighted by molar-refractivity contribution is 7.80. The Labute approximate surface area is 151 Å². The molecule has 25 heavy (non-hydrogen) atoms. The number of nitrogens with one attached hydrogen (secondary N) is 2. The van der Waals surface area contributed by atoms with E-state index in [1.807, 2.05) is 12.1 Å². The minimum atomic E-state index is -0.608. The summed E-state index contributed by atoms with van der Waals surface area (Å²) in [5, 5.41) is 16.8. The topological polar surface area (TPSA) is 97.4 Å². The summed E-state index contributed by atoms with van der Waals surface area (Å²) in [7, 11) is 0. The number of fused-ring (bicyclic) bond motifs is 1. The maximum Gasteiger partial charge on any atom is 0.293 e. The number of thiocarbonyl (C=S) groups is 1. The number of para-hydroxylation sites is 1. The van der Waals surface area contributed by atoms with Gasteiger partial charge in [0.15, 0.2) is 10.9 Å². The Balaban J connectivity index is 1.71. The van der Waals surface area contributed by atoms with Crippen molar-refractivity contribution in [3.8, 4) is 0 Å². The summed E-state index contributed by atoms with van der Waals surface area (Å²) < 4.78 is 5.44. The summed E-state index contributed by atoms with van der Waals surface area (Å²) in [6.45, 7) is 0. The molecular formula is C16H10ClN3O4S. The van der Waals surface area contributed by atoms with Gasteiger partial charge in [-0.05, 0) is 36.5 Å². The van der Waals surface area contributed by atoms with Crippen molar-refractivity contribution < 1.29 is 14.1 Å². The molecule has 0 spiro atoms. The minimum Gasteiger partial charge on any atom is -0.451 e. The van der Waals surface area contributed by atoms with Crippen LogP contribution in [0.3, 0.4) is 0 Å². The predicted molar refractivity (Wildman–Crippen MR) is 98.0 cm³/mol. The lowest BCUT2D eigenvalue weighted by molar-refractivity contribution is -0.384. The zero-order chi connectivity index (χ0) is 18.0. The van der Waals surface area contributed by atoms with Crippen molar-refractivity contribution in [2.75, 3.05) is 5.32 Å². The highest BCUT2D eigenvalue weighted by atomic mass is 35.5. The number of rotatable bonds is 3. The number of carbonyl (C=O) groups is 1. The van der Waals surface area contributed by atoms with Crippen molar-refractivity contribution in [1.29, 1.82) is 0 Å². The SMILES string of the molecule is O=C(NC(=S)Nc1ccc(Cl)c([N+](=O)[O-])c1)c1cc2ccccc2o1. The van der Waals surface area contributed by atoms with Gasteiger partial charge >= 0.3 is 0 Å². The van der Waals surface area contributed by atoms with Crippen molar-refractivity contribution in [2.45, 2.75) is 0 Å². The third-order valence-corrected chi connectivity index (χ3v) is 3.80. The van der Waals surface area contributed by atoms with Crippen molar-refractivity contribution in [2.24, 2.45) is 0 Å². The molecule has 1 aromatic heterocycles. The van der Waals surface area contributed by atoms with Gasteiger partial charge in [0.1, 0.15) is 10.6 Å². The third-order valence-electron chi connectivity index (χ3n) is 3.28. The van der Waals surface area contributed by atoms with E-state index in [0.29, 0.717) is 11.3 Å². The molecule has 126 valence electrons. The molecule has 0 bridgehead atoms. The quantitative estimate of drug-likeness (QED) is 0.406. The van der Waals surface area contributed by atoms with E-state index in [4.69, 9.17) is 28.2 Å². The smallest absolute Gasteiger partial charge is 0.293 e. The number of nitrogens with zero attached hydrogens (tertiary/aromatic N) is 1. The lowest BCUT2D eigenvalue weighted by Crippen LogP contribution is -2.33. The van der Waals surface area contributed by atoms with Crippen molar-refractivity contribution >= 4 is 57.2 Å². The van der Waals surface area contributed by atoms with E-state index in [1.165, 1.54) is 18.2 Å². The second-order valence-electron chi connectivity index (χ2n) is 4.98. The minimum absolute atomic E-state index is 0.00720. The van der Waals surface area contributed by atoms with Crippen LogP contribution in [-0.2, 0) is 0 Å². The van der Waals surface area contributed by atoms with Crippen LogP contribution >= 0.6 is 23.8 Å². The number of amides is 1. The van der Waals surface area contributed by atoms with E-state index in [0.717, 1.165) is 5.39 Å². The second-order valence-corrected chi connectivity index (χ2v) is 5.80. The first kappa shape index (κ1) is 16.9. The summed E-state index contributed by atoms with van der Waals surface area (Å²) in [5.41, 5.74) is 0.643. The van der Waals surface area contributed by atoms with Crippen LogP contribution in [-0.4, -0.2) is 15.9 Å². The van der Waals surface area contributed by atoms with Crippen LogP contribution in [0.25, 0.3) is 11.0 Å². The first-order chi connectivity index (χ1) is 11.9. The lowest BCUT2D eigenvalue weighted by atomic mass is 10.2. The van der Waals surface area contributed by atoms with Gasteiger partial charge in [0.2, 0.25) is 0 Å². The molecule has 7 nitrogen and oxygen atoms in total. The fraction of sp³-hybridized carbons (Fsp3) is 0. The molecule has 3 rings (SSSR count). The normalized spacial score (nSPS) is 10.4. The number of anilines is 1. The summed E-state index contributed by atoms with van der Waals surface area (Å²) in [5.74, 6) is -0.426. The number of hydrogen-bond acceptors (Lipinski definition) is 5. The fourth-order valence-electron chi connectivity index (χ4n) is 2.15. The molecule has 1 amide bonds. The van der Waals surface area contributed by atoms with E-state index in [9.17, 15) is 14.9 Å². The number of furan rings is 1. The van der Waals surface area contributed by atoms with Gasteiger partial charge in [0, 0.05) is 17.1 Å². The van der Waals surface area contributed by atoms with Crippen LogP contribution in [0.5, 0.6) is 0 Å². The van der Waals surface area contributed by atoms with Gasteiger partial charge in [-0.25, -0.2) is 0 Å². The van der Waals surface area contributed by atoms with Crippen LogP contribution in [0.1, 0.15) is 10.6 Å². The monoisotopic (exact) mass is 375 g/mol. The van der Waals surface area contributed by atoms with E-state index in [-0.39, 0.29) is 21.6 Å². The molecular weight excluding hydrogens is 366 g/mol. The molecule has 0 aliphatic rings. The molecule has 0 fully saturated rings. The molecule has 9 heteroatoms. The Morgan fingerprint density at radius 3 is 2.68 bits per heavy atom. The first-order valence-corrected chi connectivity index (χ1v) is 7.77. The number of nitro benzene ring substituents is 1. The Hall–Kier alpha value is -2.97. The molecule has 0 aliphatic heterocycles. The number of carbonyl (C=O) groups excluding carboxylic acids is 1. The Kier molecular flexibility index (Phi) is 4.64. The maximum absolute atomic E-state index is 12.2. The van der Waals surface area contributed by atoms with Crippen LogP contribution in [0, 0.1) is 10.1 Å². The maximum atomic E-state index is 12.2. The Bertz CT molecular complexity index is 969. The van der Waals surface area contributed by atoms with E-state index in [1.54, 1.807) is 18.2 Å². The zero-order valence-electron chi connectivity index (χ0n) is 12.5. The van der Waals surface area contributed by atoms with Crippen molar-refractivity contribution in [3.63, 3.8) is 0 Å². The van der Waals surface area contributed by atoms with Gasteiger partial charge < -0.3 is 9.73 Å². The second kappa shape index (κ2) is 6.88. The highest BCUT2D eigenvalue weighted by Crippen LogP contribution is 2.27. The van der Waals surface area contributed by atoms with Gasteiger partial charge in [-0.1, -0.05) is 29.8 Å². The van der Waals surface area contributed by atoms with E-state index < -0.39 is 10.8 Å². The average molecular weight is 376 g/mol. The largest absolute Gasteiger partial charge is 0.451 e. The molecule has 0 aliphatic carbocycles. The molecule has 3 aromatic rings. The molecule has 1 heterocycles. The third kappa shape index (κ3) is 3.76. The molecule has 0 unspecified atom stereocenters. The Morgan fingerprint density at radius 1 is 1.20 bits per heavy atom. The predicted octanol–water partition coefficient (Wildman–Crippen LogP) is 4.12. The van der Waals surface area contributed by atoms with Gasteiger partial charge in [-0.3, -0.25) is 20.2 Å². The van der Waals surface area contributed by atoms with Crippen LogP contribution in [0.2, 0.25) is 5.02 Å². The standard InChI is InChI=1S/C16H10ClN3O4S/c17-11-6-5-10(8-12(11)20(22)23)18-16(25)19-15(21)14-7-9-3-1-2-4-13(9)24-14/h1-8H,(H2,18,19,21,25). The van der Waals surface area contributed by atoms with Crippen molar-refractivity contribution in [1.82, 2.24) is 5.32 Å². The van der Waals surface area contributed by atoms with Gasteiger partial charge in [0.05, 0.1) is 4.92 Å². The highest BCUT2D eigenvalue weighted by Gasteiger charge is 2.16. The number of nitro groups is 1. The molecule has 0 radical (unpaired) electrons. The molecule has 0 saturated carbocycles. The number of benzene rings is 2. The zero-order valence-corrected chi connectivity index (χ0v) is 14.1. The molecule has 2 N–H and O–H groups in total. The number of halogens is 1. The van der Waals surface area contributed by atoms with Crippen LogP contribution < -0.4 is 10.6 Å². The van der Waals surface area contributed by atoms with Gasteiger partial charge in [-0.15, -0.1) is 0 Å². The first-order valence-electron chi connectivity index (χ1n) is 6.99. The average Bonchev–Trinajstić information content (AvgIpc) is 3.00.